The highest BCUT2D eigenvalue weighted by Gasteiger charge is 2.31. The van der Waals surface area contributed by atoms with Crippen LogP contribution in [0.25, 0.3) is 0 Å². The summed E-state index contributed by atoms with van der Waals surface area (Å²) in [6, 6.07) is 0. The van der Waals surface area contributed by atoms with Gasteiger partial charge in [-0.15, -0.1) is 0 Å². The molecule has 0 bridgehead atoms. The third-order valence-electron chi connectivity index (χ3n) is 21.1. The molecule has 2 unspecified atom stereocenters. The fraction of sp³-hybridized carbons (Fsp3) is 0.956. The first-order chi connectivity index (χ1) is 52.7. The molecular weight excluding hydrogens is 1410 g/mol. The van der Waals surface area contributed by atoms with Gasteiger partial charge < -0.3 is 33.8 Å². The molecule has 0 spiro atoms. The van der Waals surface area contributed by atoms with E-state index in [1.165, 1.54) is 289 Å². The number of carbonyl (C=O) groups is 4. The molecule has 3 N–H and O–H groups in total. The Labute approximate surface area is 670 Å². The zero-order valence-corrected chi connectivity index (χ0v) is 73.8. The van der Waals surface area contributed by atoms with Crippen molar-refractivity contribution in [2.45, 2.75) is 497 Å². The Balaban J connectivity index is 5.24. The van der Waals surface area contributed by atoms with Crippen LogP contribution in [0.1, 0.15) is 479 Å². The van der Waals surface area contributed by atoms with Crippen molar-refractivity contribution in [3.8, 4) is 0 Å². The molecule has 0 aliphatic carbocycles. The Morgan fingerprint density at radius 3 is 0.624 bits per heavy atom. The zero-order chi connectivity index (χ0) is 80.0. The van der Waals surface area contributed by atoms with Gasteiger partial charge in [0.25, 0.3) is 0 Å². The van der Waals surface area contributed by atoms with E-state index in [1.807, 2.05) is 0 Å². The minimum absolute atomic E-state index is 0.107. The van der Waals surface area contributed by atoms with Gasteiger partial charge >= 0.3 is 39.5 Å². The predicted octanol–water partition coefficient (Wildman–Crippen LogP) is 27.6. The number of aliphatic hydroxyl groups excluding tert-OH is 1. The molecule has 5 atom stereocenters. The second-order valence-electron chi connectivity index (χ2n) is 33.8. The van der Waals surface area contributed by atoms with Crippen LogP contribution >= 0.6 is 15.6 Å². The quantitative estimate of drug-likeness (QED) is 0.0222. The number of aliphatic hydroxyl groups is 1. The zero-order valence-electron chi connectivity index (χ0n) is 72.0. The predicted molar refractivity (Wildman–Crippen MR) is 451 cm³/mol. The van der Waals surface area contributed by atoms with Gasteiger partial charge in [0.2, 0.25) is 0 Å². The second-order valence-corrected chi connectivity index (χ2v) is 36.7. The van der Waals surface area contributed by atoms with Crippen molar-refractivity contribution in [1.82, 2.24) is 0 Å². The summed E-state index contributed by atoms with van der Waals surface area (Å²) in [5.74, 6) is 0.241. The van der Waals surface area contributed by atoms with Crippen molar-refractivity contribution < 1.29 is 80.2 Å². The molecule has 0 radical (unpaired) electrons. The summed E-state index contributed by atoms with van der Waals surface area (Å²) in [4.78, 5) is 73.4. The molecule has 0 saturated carbocycles. The van der Waals surface area contributed by atoms with Crippen molar-refractivity contribution in [3.05, 3.63) is 0 Å². The third-order valence-corrected chi connectivity index (χ3v) is 23.0. The highest BCUT2D eigenvalue weighted by molar-refractivity contribution is 7.47. The van der Waals surface area contributed by atoms with Gasteiger partial charge in [-0.25, -0.2) is 9.13 Å². The SMILES string of the molecule is CCCCCCCCCCCCCCCCCCCCCCCC(=O)O[C@H](COC(=O)CCCCCCCCCCCCCCCCCCC(C)C)COP(=O)(O)OC[C@@H](O)COP(=O)(O)OC[C@@H](COC(=O)CCCCCCCCCCC(C)C)OC(=O)CCCCCCCCCCCCCCCCCC(C)C. The van der Waals surface area contributed by atoms with Crippen molar-refractivity contribution in [1.29, 1.82) is 0 Å². The van der Waals surface area contributed by atoms with Crippen LogP contribution in [0.15, 0.2) is 0 Å². The van der Waals surface area contributed by atoms with Crippen LogP contribution in [-0.2, 0) is 65.4 Å². The van der Waals surface area contributed by atoms with Gasteiger partial charge in [-0.05, 0) is 43.4 Å². The van der Waals surface area contributed by atoms with E-state index in [2.05, 4.69) is 48.5 Å². The van der Waals surface area contributed by atoms with Gasteiger partial charge in [-0.3, -0.25) is 37.3 Å². The van der Waals surface area contributed by atoms with Crippen LogP contribution in [0.4, 0.5) is 0 Å². The summed E-state index contributed by atoms with van der Waals surface area (Å²) in [5, 5.41) is 10.7. The van der Waals surface area contributed by atoms with E-state index in [1.54, 1.807) is 0 Å². The maximum Gasteiger partial charge on any atom is 0.472 e. The van der Waals surface area contributed by atoms with E-state index in [4.69, 9.17) is 37.0 Å². The number of carbonyl (C=O) groups excluding carboxylic acids is 4. The van der Waals surface area contributed by atoms with E-state index in [9.17, 15) is 43.2 Å². The lowest BCUT2D eigenvalue weighted by atomic mass is 10.0. The van der Waals surface area contributed by atoms with E-state index < -0.39 is 97.5 Å². The van der Waals surface area contributed by atoms with Gasteiger partial charge in [0.1, 0.15) is 19.3 Å². The van der Waals surface area contributed by atoms with Crippen LogP contribution < -0.4 is 0 Å². The summed E-state index contributed by atoms with van der Waals surface area (Å²) in [7, 11) is -9.94. The summed E-state index contributed by atoms with van der Waals surface area (Å²) >= 11 is 0. The highest BCUT2D eigenvalue weighted by Crippen LogP contribution is 2.45. The molecule has 0 aliphatic rings. The molecule has 0 rings (SSSR count). The Kier molecular flexibility index (Phi) is 78.5. The maximum absolute atomic E-state index is 13.2. The second kappa shape index (κ2) is 79.9. The lowest BCUT2D eigenvalue weighted by Crippen LogP contribution is -2.30. The number of hydrogen-bond donors (Lipinski definition) is 3. The number of phosphoric ester groups is 2. The summed E-state index contributed by atoms with van der Waals surface area (Å²) < 4.78 is 69.0. The number of phosphoric acid groups is 2. The largest absolute Gasteiger partial charge is 0.472 e. The van der Waals surface area contributed by atoms with E-state index in [0.29, 0.717) is 25.7 Å². The molecule has 17 nitrogen and oxygen atoms in total. The normalized spacial score (nSPS) is 13.8. The first-order valence-corrected chi connectivity index (χ1v) is 49.3. The fourth-order valence-electron chi connectivity index (χ4n) is 14.1. The smallest absolute Gasteiger partial charge is 0.462 e. The topological polar surface area (TPSA) is 237 Å². The molecule has 0 amide bonds. The molecule has 0 heterocycles. The van der Waals surface area contributed by atoms with E-state index in [0.717, 1.165) is 108 Å². The molecule has 648 valence electrons. The molecular formula is C90H176O17P2. The lowest BCUT2D eigenvalue weighted by Gasteiger charge is -2.21. The first kappa shape index (κ1) is 107. The van der Waals surface area contributed by atoms with Crippen LogP contribution in [0.3, 0.4) is 0 Å². The van der Waals surface area contributed by atoms with Crippen LogP contribution in [0.5, 0.6) is 0 Å². The average Bonchev–Trinajstić information content (AvgIpc) is 0.900. The maximum atomic E-state index is 13.2. The average molecular weight is 1590 g/mol. The molecule has 0 aromatic carbocycles. The molecule has 109 heavy (non-hydrogen) atoms. The highest BCUT2D eigenvalue weighted by atomic mass is 31.2. The van der Waals surface area contributed by atoms with Crippen molar-refractivity contribution in [2.24, 2.45) is 17.8 Å². The molecule has 0 saturated heterocycles. The van der Waals surface area contributed by atoms with Crippen molar-refractivity contribution in [2.75, 3.05) is 39.6 Å². The Hall–Kier alpha value is -1.94. The van der Waals surface area contributed by atoms with Crippen LogP contribution in [-0.4, -0.2) is 96.7 Å². The fourth-order valence-corrected chi connectivity index (χ4v) is 15.7. The minimum atomic E-state index is -4.97. The Morgan fingerprint density at radius 1 is 0.248 bits per heavy atom. The van der Waals surface area contributed by atoms with Crippen LogP contribution in [0, 0.1) is 17.8 Å². The summed E-state index contributed by atoms with van der Waals surface area (Å²) in [6.07, 6.45) is 72.3. The first-order valence-electron chi connectivity index (χ1n) is 46.3. The van der Waals surface area contributed by atoms with Gasteiger partial charge in [0, 0.05) is 25.7 Å². The molecule has 0 aromatic rings. The Morgan fingerprint density at radius 2 is 0.422 bits per heavy atom. The van der Waals surface area contributed by atoms with Gasteiger partial charge in [-0.2, -0.15) is 0 Å². The summed E-state index contributed by atoms with van der Waals surface area (Å²) in [5.41, 5.74) is 0. The Bertz CT molecular complexity index is 2100. The number of rotatable bonds is 88. The minimum Gasteiger partial charge on any atom is -0.462 e. The van der Waals surface area contributed by atoms with Gasteiger partial charge in [0.15, 0.2) is 12.2 Å². The number of esters is 4. The van der Waals surface area contributed by atoms with Crippen molar-refractivity contribution in [3.63, 3.8) is 0 Å². The molecule has 0 aliphatic heterocycles. The molecule has 19 heteroatoms. The molecule has 0 fully saturated rings. The number of hydrogen-bond acceptors (Lipinski definition) is 15. The van der Waals surface area contributed by atoms with Crippen LogP contribution in [0.2, 0.25) is 0 Å². The third kappa shape index (κ3) is 83.8. The summed E-state index contributed by atoms with van der Waals surface area (Å²) in [6.45, 7) is 12.0. The van der Waals surface area contributed by atoms with Gasteiger partial charge in [0.05, 0.1) is 26.4 Å². The van der Waals surface area contributed by atoms with Crippen molar-refractivity contribution >= 4 is 39.5 Å². The number of ether oxygens (including phenoxy) is 4. The number of unbranched alkanes of at least 4 members (excludes halogenated alkanes) is 56. The van der Waals surface area contributed by atoms with E-state index in [-0.39, 0.29) is 25.7 Å². The van der Waals surface area contributed by atoms with Gasteiger partial charge in [-0.1, -0.05) is 427 Å². The molecule has 0 aromatic heterocycles. The monoisotopic (exact) mass is 1590 g/mol. The lowest BCUT2D eigenvalue weighted by molar-refractivity contribution is -0.161. The standard InChI is InChI=1S/C90H176O17P2/c1-8-9-10-11-12-13-14-15-16-17-18-19-20-21-28-33-38-43-52-59-66-73-89(94)106-85(77-100-87(92)71-64-57-50-42-37-32-27-23-22-25-30-35-40-47-54-61-68-81(2)3)79-104-108(96,97)102-75-84(91)76-103-109(98,99)105-80-86(78-101-88(93)72-65-58-51-46-45-49-56-63-70-83(6)7)107-90(95)74-67-60-53-44-39-34-29-24-26-31-36-41-48-55-62-69-82(4)5/h81-86,91H,8-80H2,1-7H3,(H,96,97)(H,98,99)/t84-,85-,86-/m1/s1. The van der Waals surface area contributed by atoms with E-state index >= 15 is 0 Å².